The number of morpholine rings is 1. The van der Waals surface area contributed by atoms with Crippen molar-refractivity contribution < 1.29 is 8.95 Å². The second kappa shape index (κ2) is 7.25. The summed E-state index contributed by atoms with van der Waals surface area (Å²) < 4.78 is 23.8. The van der Waals surface area contributed by atoms with Gasteiger partial charge in [-0.3, -0.25) is 0 Å². The summed E-state index contributed by atoms with van der Waals surface area (Å²) in [6.45, 7) is 1.89. The lowest BCUT2D eigenvalue weighted by atomic mass is 9.94. The summed E-state index contributed by atoms with van der Waals surface area (Å²) in [5.41, 5.74) is 0.775. The molecule has 140 valence electrons. The zero-order valence-corrected chi connectivity index (χ0v) is 15.8. The smallest absolute Gasteiger partial charge is 0.226 e. The third kappa shape index (κ3) is 3.94. The van der Waals surface area contributed by atoms with Gasteiger partial charge in [-0.1, -0.05) is 18.2 Å². The number of anilines is 1. The topological polar surface area (TPSA) is 91.5 Å². The van der Waals surface area contributed by atoms with Crippen molar-refractivity contribution in [1.82, 2.24) is 9.97 Å². The van der Waals surface area contributed by atoms with Crippen LogP contribution in [0.4, 0.5) is 11.6 Å². The molecule has 0 amide bonds. The van der Waals surface area contributed by atoms with E-state index in [1.165, 1.54) is 0 Å². The van der Waals surface area contributed by atoms with E-state index >= 15 is 0 Å². The lowest BCUT2D eigenvalue weighted by Gasteiger charge is -2.45. The van der Waals surface area contributed by atoms with Crippen molar-refractivity contribution in [3.8, 4) is 6.07 Å². The Morgan fingerprint density at radius 2 is 2.00 bits per heavy atom. The van der Waals surface area contributed by atoms with Gasteiger partial charge < -0.3 is 9.64 Å². The number of nitriles is 1. The fraction of sp³-hybridized carbons (Fsp3) is 0.421. The summed E-state index contributed by atoms with van der Waals surface area (Å²) in [5, 5.41) is 9.06. The summed E-state index contributed by atoms with van der Waals surface area (Å²) in [7, 11) is -2.26. The Bertz CT molecular complexity index is 965. The monoisotopic (exact) mass is 383 g/mol. The number of ether oxygens (including phenoxy) is 1. The summed E-state index contributed by atoms with van der Waals surface area (Å²) in [5.74, 6) is 1.60. The molecule has 7 nitrogen and oxygen atoms in total. The fourth-order valence-corrected chi connectivity index (χ4v) is 5.85. The highest BCUT2D eigenvalue weighted by Gasteiger charge is 2.41. The molecule has 2 aliphatic rings. The maximum Gasteiger partial charge on any atom is 0.226 e. The lowest BCUT2D eigenvalue weighted by Crippen LogP contribution is -2.55. The number of hydrogen-bond donors (Lipinski definition) is 0. The SMILES string of the molecule is N#Cc1ccnc(N2CCOC3(CCS(=O)(=Nc4ccccc4)CC3)C2)n1. The van der Waals surface area contributed by atoms with Gasteiger partial charge in [0.2, 0.25) is 5.95 Å². The first-order valence-electron chi connectivity index (χ1n) is 9.00. The highest BCUT2D eigenvalue weighted by atomic mass is 32.2. The molecule has 0 saturated carbocycles. The van der Waals surface area contributed by atoms with Crippen molar-refractivity contribution in [3.63, 3.8) is 0 Å². The molecule has 3 heterocycles. The van der Waals surface area contributed by atoms with Gasteiger partial charge in [-0.15, -0.1) is 0 Å². The number of benzene rings is 1. The average Bonchev–Trinajstić information content (AvgIpc) is 2.72. The van der Waals surface area contributed by atoms with Crippen LogP contribution < -0.4 is 4.90 Å². The first kappa shape index (κ1) is 17.9. The molecule has 0 N–H and O–H groups in total. The Kier molecular flexibility index (Phi) is 4.81. The van der Waals surface area contributed by atoms with Crippen LogP contribution in [0.15, 0.2) is 47.0 Å². The molecule has 2 aromatic rings. The van der Waals surface area contributed by atoms with Crippen molar-refractivity contribution in [2.75, 3.05) is 36.1 Å². The maximum absolute atomic E-state index is 13.1. The molecule has 0 atom stereocenters. The molecule has 0 radical (unpaired) electrons. The molecule has 2 saturated heterocycles. The molecule has 0 unspecified atom stereocenters. The van der Waals surface area contributed by atoms with Gasteiger partial charge in [0.05, 0.1) is 34.2 Å². The minimum Gasteiger partial charge on any atom is -0.371 e. The number of hydrogen-bond acceptors (Lipinski definition) is 7. The summed E-state index contributed by atoms with van der Waals surface area (Å²) >= 11 is 0. The molecule has 2 fully saturated rings. The predicted octanol–water partition coefficient (Wildman–Crippen LogP) is 2.52. The van der Waals surface area contributed by atoms with Gasteiger partial charge in [0.1, 0.15) is 11.8 Å². The Labute approximate surface area is 159 Å². The van der Waals surface area contributed by atoms with Crippen molar-refractivity contribution in [3.05, 3.63) is 48.3 Å². The van der Waals surface area contributed by atoms with E-state index in [2.05, 4.69) is 25.3 Å². The lowest BCUT2D eigenvalue weighted by molar-refractivity contribution is -0.0617. The Hall–Kier alpha value is -2.50. The molecular weight excluding hydrogens is 362 g/mol. The van der Waals surface area contributed by atoms with Gasteiger partial charge in [-0.2, -0.15) is 9.62 Å². The van der Waals surface area contributed by atoms with Gasteiger partial charge >= 0.3 is 0 Å². The van der Waals surface area contributed by atoms with Crippen LogP contribution in [-0.4, -0.2) is 51.0 Å². The van der Waals surface area contributed by atoms with Gasteiger partial charge in [-0.05, 0) is 31.0 Å². The van der Waals surface area contributed by atoms with E-state index in [4.69, 9.17) is 10.00 Å². The second-order valence-corrected chi connectivity index (χ2v) is 9.46. The fourth-order valence-electron chi connectivity index (χ4n) is 3.57. The van der Waals surface area contributed by atoms with E-state index < -0.39 is 9.73 Å². The molecule has 1 aromatic heterocycles. The van der Waals surface area contributed by atoms with E-state index in [1.807, 2.05) is 30.3 Å². The minimum atomic E-state index is -2.26. The van der Waals surface area contributed by atoms with Crippen LogP contribution >= 0.6 is 0 Å². The quantitative estimate of drug-likeness (QED) is 0.791. The zero-order chi connectivity index (χ0) is 18.7. The Morgan fingerprint density at radius 3 is 2.74 bits per heavy atom. The molecule has 1 aromatic carbocycles. The summed E-state index contributed by atoms with van der Waals surface area (Å²) in [4.78, 5) is 10.7. The Balaban J connectivity index is 1.50. The van der Waals surface area contributed by atoms with Crippen LogP contribution in [0, 0.1) is 11.3 Å². The molecule has 0 aliphatic carbocycles. The van der Waals surface area contributed by atoms with Crippen LogP contribution in [-0.2, 0) is 14.5 Å². The summed E-state index contributed by atoms with van der Waals surface area (Å²) in [6.07, 6.45) is 2.99. The molecule has 8 heteroatoms. The summed E-state index contributed by atoms with van der Waals surface area (Å²) in [6, 6.07) is 13.2. The van der Waals surface area contributed by atoms with Gasteiger partial charge in [0.15, 0.2) is 0 Å². The third-order valence-corrected chi connectivity index (χ3v) is 7.30. The average molecular weight is 383 g/mol. The van der Waals surface area contributed by atoms with E-state index in [9.17, 15) is 4.21 Å². The first-order valence-corrected chi connectivity index (χ1v) is 10.8. The van der Waals surface area contributed by atoms with Gasteiger partial charge in [-0.25, -0.2) is 14.2 Å². The van der Waals surface area contributed by atoms with Crippen LogP contribution in [0.2, 0.25) is 0 Å². The van der Waals surface area contributed by atoms with Gasteiger partial charge in [0.25, 0.3) is 0 Å². The molecular formula is C19H21N5O2S. The van der Waals surface area contributed by atoms with Crippen molar-refractivity contribution in [1.29, 1.82) is 5.26 Å². The van der Waals surface area contributed by atoms with Crippen LogP contribution in [0.5, 0.6) is 0 Å². The highest BCUT2D eigenvalue weighted by molar-refractivity contribution is 7.93. The van der Waals surface area contributed by atoms with Crippen molar-refractivity contribution in [2.24, 2.45) is 4.36 Å². The predicted molar refractivity (Wildman–Crippen MR) is 103 cm³/mol. The third-order valence-electron chi connectivity index (χ3n) is 5.07. The Morgan fingerprint density at radius 1 is 1.22 bits per heavy atom. The van der Waals surface area contributed by atoms with Crippen LogP contribution in [0.25, 0.3) is 0 Å². The number of rotatable bonds is 2. The normalized spacial score (nSPS) is 27.9. The molecule has 27 heavy (non-hydrogen) atoms. The molecule has 1 spiro atoms. The number of aromatic nitrogens is 2. The molecule has 4 rings (SSSR count). The zero-order valence-electron chi connectivity index (χ0n) is 15.0. The number of nitrogens with zero attached hydrogens (tertiary/aromatic N) is 5. The van der Waals surface area contributed by atoms with E-state index in [0.717, 1.165) is 5.69 Å². The first-order chi connectivity index (χ1) is 13.1. The van der Waals surface area contributed by atoms with E-state index in [-0.39, 0.29) is 5.60 Å². The van der Waals surface area contributed by atoms with Gasteiger partial charge in [0, 0.05) is 24.2 Å². The minimum absolute atomic E-state index is 0.350. The van der Waals surface area contributed by atoms with Crippen LogP contribution in [0.1, 0.15) is 18.5 Å². The molecule has 0 bridgehead atoms. The second-order valence-electron chi connectivity index (χ2n) is 6.91. The standard InChI is InChI=1S/C19H21N5O2S/c20-14-17-6-9-21-18(22-17)24-10-11-26-19(15-24)7-12-27(25,13-8-19)23-16-4-2-1-3-5-16/h1-6,9H,7-8,10-13,15H2. The molecule has 2 aliphatic heterocycles. The van der Waals surface area contributed by atoms with Crippen molar-refractivity contribution in [2.45, 2.75) is 18.4 Å². The van der Waals surface area contributed by atoms with E-state index in [0.29, 0.717) is 55.7 Å². The van der Waals surface area contributed by atoms with Crippen LogP contribution in [0.3, 0.4) is 0 Å². The largest absolute Gasteiger partial charge is 0.371 e. The highest BCUT2D eigenvalue weighted by Crippen LogP contribution is 2.34. The van der Waals surface area contributed by atoms with E-state index in [1.54, 1.807) is 12.3 Å². The maximum atomic E-state index is 13.1. The van der Waals surface area contributed by atoms with Crippen molar-refractivity contribution >= 4 is 21.4 Å².